The fraction of sp³-hybridized carbons (Fsp3) is 0.514. The van der Waals surface area contributed by atoms with Crippen molar-refractivity contribution < 1.29 is 18.8 Å². The number of rotatable bonds is 9. The number of hydrogen-bond acceptors (Lipinski definition) is 7. The number of likely N-dealkylation sites (tertiary alicyclic amines) is 2. The number of nitrogens with one attached hydrogen (secondary N) is 1. The Morgan fingerprint density at radius 3 is 2.42 bits per heavy atom. The molecule has 2 aromatic heterocycles. The molecule has 2 aliphatic rings. The predicted molar refractivity (Wildman–Crippen MR) is 183 cm³/mol. The van der Waals surface area contributed by atoms with E-state index in [0.29, 0.717) is 52.0 Å². The Bertz CT molecular complexity index is 1750. The second kappa shape index (κ2) is 14.4. The maximum atomic E-state index is 13.7. The second-order valence-corrected chi connectivity index (χ2v) is 14.5. The van der Waals surface area contributed by atoms with Crippen LogP contribution in [0.1, 0.15) is 69.5 Å². The van der Waals surface area contributed by atoms with Gasteiger partial charge in [-0.1, -0.05) is 47.6 Å². The zero-order valence-corrected chi connectivity index (χ0v) is 28.6. The zero-order valence-electron chi connectivity index (χ0n) is 28.6. The van der Waals surface area contributed by atoms with Gasteiger partial charge in [0.2, 0.25) is 5.91 Å². The van der Waals surface area contributed by atoms with E-state index in [-0.39, 0.29) is 35.6 Å². The molecule has 2 aliphatic heterocycles. The van der Waals surface area contributed by atoms with Crippen LogP contribution in [0.4, 0.5) is 4.79 Å². The highest BCUT2D eigenvalue weighted by atomic mass is 16.6. The molecule has 6 rings (SSSR count). The number of nitrogens with zero attached hydrogens (tertiary/aromatic N) is 5. The summed E-state index contributed by atoms with van der Waals surface area (Å²) in [5.74, 6) is 1.03. The largest absolute Gasteiger partial charge is 0.444 e. The summed E-state index contributed by atoms with van der Waals surface area (Å²) in [5, 5.41) is 4.40. The SMILES string of the molecule is CN(Cc1ccccc1)Cc1cc(C[C@H]2CN(C(=O)OC(C)(C)C)CC[C@H]2CC(=O)N2CCC(n3c(=O)[nH]c4ccccc43)CC2)no1. The molecule has 48 heavy (non-hydrogen) atoms. The molecule has 11 nitrogen and oxygen atoms in total. The van der Waals surface area contributed by atoms with Crippen LogP contribution in [0.2, 0.25) is 0 Å². The van der Waals surface area contributed by atoms with Gasteiger partial charge in [0.15, 0.2) is 5.76 Å². The number of H-pyrrole nitrogens is 1. The van der Waals surface area contributed by atoms with Crippen LogP contribution in [0, 0.1) is 11.8 Å². The molecule has 1 N–H and O–H groups in total. The van der Waals surface area contributed by atoms with E-state index >= 15 is 0 Å². The van der Waals surface area contributed by atoms with Crippen LogP contribution < -0.4 is 5.69 Å². The van der Waals surface area contributed by atoms with Gasteiger partial charge in [0.05, 0.1) is 23.3 Å². The standard InChI is InChI=1S/C37H48N6O5/c1-37(2,3)47-36(46)42-17-14-27(28(24-42)20-29-22-31(48-39-29)25-40(4)23-26-10-6-5-7-11-26)21-34(44)41-18-15-30(16-19-41)43-33-13-9-8-12-32(33)38-35(43)45/h5-13,22,27-28,30H,14-21,23-25H2,1-4H3,(H,38,45)/t27-,28-/m0/s1. The Morgan fingerprint density at radius 2 is 1.67 bits per heavy atom. The molecule has 0 spiro atoms. The average Bonchev–Trinajstić information content (AvgIpc) is 3.63. The van der Waals surface area contributed by atoms with Crippen LogP contribution >= 0.6 is 0 Å². The van der Waals surface area contributed by atoms with Gasteiger partial charge in [0, 0.05) is 51.3 Å². The fourth-order valence-electron chi connectivity index (χ4n) is 7.25. The van der Waals surface area contributed by atoms with Crippen molar-refractivity contribution in [2.45, 2.75) is 77.6 Å². The highest BCUT2D eigenvalue weighted by molar-refractivity contribution is 5.77. The van der Waals surface area contributed by atoms with Crippen molar-refractivity contribution in [3.05, 3.63) is 88.2 Å². The number of imidazole rings is 1. The summed E-state index contributed by atoms with van der Waals surface area (Å²) in [6, 6.07) is 20.1. The smallest absolute Gasteiger partial charge is 0.410 e. The maximum absolute atomic E-state index is 13.7. The van der Waals surface area contributed by atoms with Crippen LogP contribution in [0.25, 0.3) is 11.0 Å². The van der Waals surface area contributed by atoms with Gasteiger partial charge in [0.25, 0.3) is 0 Å². The first kappa shape index (κ1) is 33.5. The van der Waals surface area contributed by atoms with Crippen LogP contribution in [-0.2, 0) is 29.0 Å². The Morgan fingerprint density at radius 1 is 0.958 bits per heavy atom. The van der Waals surface area contributed by atoms with Gasteiger partial charge in [-0.25, -0.2) is 9.59 Å². The minimum Gasteiger partial charge on any atom is -0.444 e. The number of amides is 2. The summed E-state index contributed by atoms with van der Waals surface area (Å²) in [7, 11) is 2.05. The number of carbonyl (C=O) groups excluding carboxylic acids is 2. The fourth-order valence-corrected chi connectivity index (χ4v) is 7.25. The number of aromatic nitrogens is 3. The summed E-state index contributed by atoms with van der Waals surface area (Å²) in [6.45, 7) is 9.30. The normalized spacial score (nSPS) is 19.3. The minimum absolute atomic E-state index is 0.0255. The van der Waals surface area contributed by atoms with E-state index in [1.165, 1.54) is 5.56 Å². The molecule has 2 aromatic carbocycles. The second-order valence-electron chi connectivity index (χ2n) is 14.5. The highest BCUT2D eigenvalue weighted by Crippen LogP contribution is 2.32. The van der Waals surface area contributed by atoms with E-state index in [1.807, 2.05) is 78.8 Å². The summed E-state index contributed by atoms with van der Waals surface area (Å²) in [6.07, 6.45) is 2.86. The monoisotopic (exact) mass is 656 g/mol. The molecule has 4 aromatic rings. The highest BCUT2D eigenvalue weighted by Gasteiger charge is 2.36. The van der Waals surface area contributed by atoms with Crippen LogP contribution in [0.3, 0.4) is 0 Å². The lowest BCUT2D eigenvalue weighted by Crippen LogP contribution is -2.48. The van der Waals surface area contributed by atoms with Gasteiger partial charge in [-0.15, -0.1) is 0 Å². The van der Waals surface area contributed by atoms with E-state index in [0.717, 1.165) is 41.9 Å². The van der Waals surface area contributed by atoms with Gasteiger partial charge >= 0.3 is 11.8 Å². The molecule has 4 heterocycles. The third-order valence-electron chi connectivity index (χ3n) is 9.59. The number of ether oxygens (including phenoxy) is 1. The van der Waals surface area contributed by atoms with Gasteiger partial charge in [-0.3, -0.25) is 14.3 Å². The lowest BCUT2D eigenvalue weighted by molar-refractivity contribution is -0.134. The van der Waals surface area contributed by atoms with Crippen molar-refractivity contribution >= 4 is 23.0 Å². The van der Waals surface area contributed by atoms with Crippen molar-refractivity contribution in [3.63, 3.8) is 0 Å². The molecule has 0 unspecified atom stereocenters. The number of benzene rings is 2. The number of fused-ring (bicyclic) bond motifs is 1. The molecule has 0 saturated carbocycles. The van der Waals surface area contributed by atoms with Crippen molar-refractivity contribution in [3.8, 4) is 0 Å². The lowest BCUT2D eigenvalue weighted by Gasteiger charge is -2.40. The first-order valence-electron chi connectivity index (χ1n) is 17.1. The van der Waals surface area contributed by atoms with Gasteiger partial charge in [-0.05, 0) is 83.0 Å². The topological polar surface area (TPSA) is 117 Å². The van der Waals surface area contributed by atoms with E-state index < -0.39 is 5.60 Å². The molecular weight excluding hydrogens is 608 g/mol. The molecule has 11 heteroatoms. The van der Waals surface area contributed by atoms with E-state index in [9.17, 15) is 14.4 Å². The number of para-hydroxylation sites is 2. The van der Waals surface area contributed by atoms with Crippen molar-refractivity contribution in [1.82, 2.24) is 29.4 Å². The summed E-state index contributed by atoms with van der Waals surface area (Å²) in [5.41, 5.74) is 3.12. The first-order valence-corrected chi connectivity index (χ1v) is 17.1. The van der Waals surface area contributed by atoms with E-state index in [1.54, 1.807) is 4.90 Å². The molecule has 256 valence electrons. The molecule has 2 amide bonds. The first-order chi connectivity index (χ1) is 23.0. The molecule has 0 bridgehead atoms. The van der Waals surface area contributed by atoms with Crippen molar-refractivity contribution in [2.24, 2.45) is 11.8 Å². The van der Waals surface area contributed by atoms with E-state index in [4.69, 9.17) is 9.26 Å². The quantitative estimate of drug-likeness (QED) is 0.249. The number of carbonyl (C=O) groups is 2. The molecule has 2 atom stereocenters. The van der Waals surface area contributed by atoms with Crippen LogP contribution in [-0.4, -0.2) is 80.2 Å². The minimum atomic E-state index is -0.587. The number of piperidine rings is 2. The van der Waals surface area contributed by atoms with Crippen molar-refractivity contribution in [2.75, 3.05) is 33.2 Å². The molecule has 0 aliphatic carbocycles. The summed E-state index contributed by atoms with van der Waals surface area (Å²) in [4.78, 5) is 48.4. The number of hydrogen-bond donors (Lipinski definition) is 1. The Kier molecular flexibility index (Phi) is 10.1. The molecule has 0 radical (unpaired) electrons. The average molecular weight is 657 g/mol. The van der Waals surface area contributed by atoms with Gasteiger partial charge < -0.3 is 24.0 Å². The molecule has 2 saturated heterocycles. The number of aromatic amines is 1. The molecule has 2 fully saturated rings. The maximum Gasteiger partial charge on any atom is 0.410 e. The molecular formula is C37H48N6O5. The summed E-state index contributed by atoms with van der Waals surface area (Å²) < 4.78 is 13.3. The van der Waals surface area contributed by atoms with E-state index in [2.05, 4.69) is 34.2 Å². The van der Waals surface area contributed by atoms with Gasteiger partial charge in [0.1, 0.15) is 5.60 Å². The predicted octanol–water partition coefficient (Wildman–Crippen LogP) is 5.62. The summed E-state index contributed by atoms with van der Waals surface area (Å²) >= 11 is 0. The van der Waals surface area contributed by atoms with Crippen molar-refractivity contribution in [1.29, 1.82) is 0 Å². The lowest BCUT2D eigenvalue weighted by atomic mass is 9.80. The van der Waals surface area contributed by atoms with Gasteiger partial charge in [-0.2, -0.15) is 0 Å². The Labute approximate surface area is 281 Å². The third-order valence-corrected chi connectivity index (χ3v) is 9.59. The Balaban J connectivity index is 1.09. The Hall–Kier alpha value is -4.38. The van der Waals surface area contributed by atoms with Crippen LogP contribution in [0.15, 0.2) is 70.0 Å². The van der Waals surface area contributed by atoms with Crippen LogP contribution in [0.5, 0.6) is 0 Å². The third kappa shape index (κ3) is 8.18. The zero-order chi connectivity index (χ0) is 33.8.